The van der Waals surface area contributed by atoms with Crippen molar-refractivity contribution in [3.63, 3.8) is 0 Å². The fourth-order valence-corrected chi connectivity index (χ4v) is 3.77. The topological polar surface area (TPSA) is 73.7 Å². The fourth-order valence-electron chi connectivity index (χ4n) is 3.77. The molecule has 1 aliphatic heterocycles. The summed E-state index contributed by atoms with van der Waals surface area (Å²) in [5, 5.41) is 4.64. The Hall–Kier alpha value is -2.90. The number of rotatable bonds is 2. The van der Waals surface area contributed by atoms with E-state index >= 15 is 0 Å². The van der Waals surface area contributed by atoms with Gasteiger partial charge in [0.05, 0.1) is 24.5 Å². The Labute approximate surface area is 175 Å². The zero-order valence-corrected chi connectivity index (χ0v) is 18.5. The Kier molecular flexibility index (Phi) is 5.62. The van der Waals surface area contributed by atoms with Crippen LogP contribution < -0.4 is 0 Å². The van der Waals surface area contributed by atoms with Crippen molar-refractivity contribution in [3.8, 4) is 5.69 Å². The molecule has 7 nitrogen and oxygen atoms in total. The van der Waals surface area contributed by atoms with Crippen molar-refractivity contribution in [3.05, 3.63) is 46.0 Å². The van der Waals surface area contributed by atoms with Crippen LogP contribution in [0, 0.1) is 19.7 Å². The summed E-state index contributed by atoms with van der Waals surface area (Å²) in [6.07, 6.45) is 0.0207. The molecule has 0 saturated heterocycles. The number of benzene rings is 1. The predicted octanol–water partition coefficient (Wildman–Crippen LogP) is 4.27. The first-order valence-electron chi connectivity index (χ1n) is 9.91. The Morgan fingerprint density at radius 3 is 2.33 bits per heavy atom. The number of fused-ring (bicyclic) bond motifs is 1. The number of ether oxygens (including phenoxy) is 2. The molecule has 8 heteroatoms. The number of nitrogens with zero attached hydrogens (tertiary/aromatic N) is 3. The number of amides is 1. The summed E-state index contributed by atoms with van der Waals surface area (Å²) in [5.41, 5.74) is 2.42. The highest BCUT2D eigenvalue weighted by Crippen LogP contribution is 2.35. The SMILES string of the molecule is COC(=O)c1c2c(nn1-c1cc(C)c(F)c(C)c1)CCN(C(=O)OC(C)(C)C)[C@H]2C. The van der Waals surface area contributed by atoms with Gasteiger partial charge in [-0.2, -0.15) is 5.10 Å². The average molecular weight is 417 g/mol. The Balaban J connectivity index is 2.12. The van der Waals surface area contributed by atoms with E-state index in [0.717, 1.165) is 0 Å². The molecule has 0 saturated carbocycles. The zero-order valence-electron chi connectivity index (χ0n) is 18.5. The average Bonchev–Trinajstić information content (AvgIpc) is 3.04. The first-order chi connectivity index (χ1) is 13.9. The number of aromatic nitrogens is 2. The maximum absolute atomic E-state index is 14.1. The highest BCUT2D eigenvalue weighted by atomic mass is 19.1. The fraction of sp³-hybridized carbons (Fsp3) is 0.500. The van der Waals surface area contributed by atoms with Crippen LogP contribution in [0.1, 0.15) is 66.6 Å². The summed E-state index contributed by atoms with van der Waals surface area (Å²) in [4.78, 5) is 27.0. The number of aryl methyl sites for hydroxylation is 2. The van der Waals surface area contributed by atoms with Gasteiger partial charge in [0.25, 0.3) is 0 Å². The number of esters is 1. The smallest absolute Gasteiger partial charge is 0.410 e. The molecule has 0 bridgehead atoms. The summed E-state index contributed by atoms with van der Waals surface area (Å²) in [5.74, 6) is -0.860. The third kappa shape index (κ3) is 3.91. The van der Waals surface area contributed by atoms with Gasteiger partial charge in [0.15, 0.2) is 5.69 Å². The lowest BCUT2D eigenvalue weighted by molar-refractivity contribution is 0.0156. The van der Waals surface area contributed by atoms with E-state index in [0.29, 0.717) is 41.0 Å². The maximum Gasteiger partial charge on any atom is 0.410 e. The van der Waals surface area contributed by atoms with Crippen molar-refractivity contribution in [2.75, 3.05) is 13.7 Å². The molecule has 0 radical (unpaired) electrons. The molecule has 0 N–H and O–H groups in total. The maximum atomic E-state index is 14.1. The van der Waals surface area contributed by atoms with Gasteiger partial charge in [-0.15, -0.1) is 0 Å². The van der Waals surface area contributed by atoms with Crippen LogP contribution in [0.15, 0.2) is 12.1 Å². The lowest BCUT2D eigenvalue weighted by Crippen LogP contribution is -2.42. The molecule has 0 fully saturated rings. The molecule has 1 aliphatic rings. The van der Waals surface area contributed by atoms with Crippen molar-refractivity contribution in [1.29, 1.82) is 0 Å². The minimum absolute atomic E-state index is 0.235. The highest BCUT2D eigenvalue weighted by Gasteiger charge is 2.38. The standard InChI is InChI=1S/C22H28FN3O4/c1-12-10-15(11-13(2)18(12)23)26-19(20(27)29-7)17-14(3)25(9-8-16(17)24-26)21(28)30-22(4,5)6/h10-11,14H,8-9H2,1-7H3/t14-/m0/s1. The Morgan fingerprint density at radius 2 is 1.80 bits per heavy atom. The van der Waals surface area contributed by atoms with Gasteiger partial charge in [-0.25, -0.2) is 18.7 Å². The van der Waals surface area contributed by atoms with E-state index < -0.39 is 23.7 Å². The van der Waals surface area contributed by atoms with Crippen LogP contribution in [0.4, 0.5) is 9.18 Å². The minimum atomic E-state index is -0.629. The second-order valence-corrected chi connectivity index (χ2v) is 8.61. The molecule has 30 heavy (non-hydrogen) atoms. The molecule has 2 aromatic rings. The molecule has 162 valence electrons. The van der Waals surface area contributed by atoms with Crippen LogP contribution in [-0.4, -0.2) is 46.0 Å². The van der Waals surface area contributed by atoms with Gasteiger partial charge < -0.3 is 14.4 Å². The van der Waals surface area contributed by atoms with Gasteiger partial charge in [0, 0.05) is 18.5 Å². The van der Waals surface area contributed by atoms with Crippen molar-refractivity contribution in [1.82, 2.24) is 14.7 Å². The van der Waals surface area contributed by atoms with Gasteiger partial charge in [-0.3, -0.25) is 0 Å². The Bertz CT molecular complexity index is 984. The molecule has 0 aliphatic carbocycles. The number of hydrogen-bond donors (Lipinski definition) is 0. The number of carbonyl (C=O) groups is 2. The summed E-state index contributed by atoms with van der Waals surface area (Å²) >= 11 is 0. The van der Waals surface area contributed by atoms with Crippen LogP contribution in [0.25, 0.3) is 5.69 Å². The van der Waals surface area contributed by atoms with E-state index in [2.05, 4.69) is 5.10 Å². The van der Waals surface area contributed by atoms with Crippen LogP contribution in [0.2, 0.25) is 0 Å². The third-order valence-corrected chi connectivity index (χ3v) is 5.15. The molecular formula is C22H28FN3O4. The van der Waals surface area contributed by atoms with Crippen molar-refractivity contribution in [2.24, 2.45) is 0 Å². The summed E-state index contributed by atoms with van der Waals surface area (Å²) in [6.45, 7) is 11.0. The third-order valence-electron chi connectivity index (χ3n) is 5.15. The van der Waals surface area contributed by atoms with E-state index in [1.807, 2.05) is 27.7 Å². The van der Waals surface area contributed by atoms with E-state index in [1.165, 1.54) is 11.8 Å². The van der Waals surface area contributed by atoms with Gasteiger partial charge in [-0.05, 0) is 64.8 Å². The number of hydrogen-bond acceptors (Lipinski definition) is 5. The number of methoxy groups -OCH3 is 1. The molecular weight excluding hydrogens is 389 g/mol. The normalized spacial score (nSPS) is 16.3. The van der Waals surface area contributed by atoms with Crippen molar-refractivity contribution in [2.45, 2.75) is 59.6 Å². The van der Waals surface area contributed by atoms with Crippen molar-refractivity contribution < 1.29 is 23.5 Å². The number of carbonyl (C=O) groups excluding carboxylic acids is 2. The van der Waals surface area contributed by atoms with Crippen LogP contribution in [0.3, 0.4) is 0 Å². The first kappa shape index (κ1) is 21.8. The van der Waals surface area contributed by atoms with Gasteiger partial charge in [0.1, 0.15) is 11.4 Å². The molecule has 3 rings (SSSR count). The van der Waals surface area contributed by atoms with E-state index in [9.17, 15) is 14.0 Å². The highest BCUT2D eigenvalue weighted by molar-refractivity contribution is 5.91. The number of halogens is 1. The molecule has 1 aromatic heterocycles. The van der Waals surface area contributed by atoms with Crippen LogP contribution in [-0.2, 0) is 15.9 Å². The molecule has 1 aromatic carbocycles. The molecule has 0 unspecified atom stereocenters. The molecule has 2 heterocycles. The molecule has 0 spiro atoms. The van der Waals surface area contributed by atoms with E-state index in [1.54, 1.807) is 30.9 Å². The largest absolute Gasteiger partial charge is 0.464 e. The van der Waals surface area contributed by atoms with Crippen LogP contribution in [0.5, 0.6) is 0 Å². The summed E-state index contributed by atoms with van der Waals surface area (Å²) < 4.78 is 26.2. The van der Waals surface area contributed by atoms with Gasteiger partial charge in [0.2, 0.25) is 0 Å². The predicted molar refractivity (Wildman–Crippen MR) is 109 cm³/mol. The van der Waals surface area contributed by atoms with Crippen LogP contribution >= 0.6 is 0 Å². The summed E-state index contributed by atoms with van der Waals surface area (Å²) in [6, 6.07) is 2.85. The second-order valence-electron chi connectivity index (χ2n) is 8.61. The van der Waals surface area contributed by atoms with E-state index in [4.69, 9.17) is 9.47 Å². The minimum Gasteiger partial charge on any atom is -0.464 e. The zero-order chi connectivity index (χ0) is 22.4. The van der Waals surface area contributed by atoms with E-state index in [-0.39, 0.29) is 11.5 Å². The quantitative estimate of drug-likeness (QED) is 0.683. The Morgan fingerprint density at radius 1 is 1.20 bits per heavy atom. The summed E-state index contributed by atoms with van der Waals surface area (Å²) in [7, 11) is 1.30. The van der Waals surface area contributed by atoms with Crippen molar-refractivity contribution >= 4 is 12.1 Å². The monoisotopic (exact) mass is 417 g/mol. The first-order valence-corrected chi connectivity index (χ1v) is 9.91. The van der Waals surface area contributed by atoms with Gasteiger partial charge >= 0.3 is 12.1 Å². The molecule has 1 amide bonds. The van der Waals surface area contributed by atoms with Gasteiger partial charge in [-0.1, -0.05) is 0 Å². The lowest BCUT2D eigenvalue weighted by Gasteiger charge is -2.34. The molecule has 1 atom stereocenters. The second kappa shape index (κ2) is 7.74. The lowest BCUT2D eigenvalue weighted by atomic mass is 9.97.